The SMILES string of the molecule is N#Cc1ccc(OCC(=O)NC2CCOCC2)c(Cl)c1. The standard InChI is InChI=1S/C14H15ClN2O3/c15-12-7-10(8-16)1-2-13(12)20-9-14(18)17-11-3-5-19-6-4-11/h1-2,7,11H,3-6,9H2,(H,17,18). The first-order valence-electron chi connectivity index (χ1n) is 6.38. The first kappa shape index (κ1) is 14.6. The summed E-state index contributed by atoms with van der Waals surface area (Å²) >= 11 is 5.96. The van der Waals surface area contributed by atoms with Gasteiger partial charge in [-0.15, -0.1) is 0 Å². The Kier molecular flexibility index (Phi) is 5.22. The van der Waals surface area contributed by atoms with Gasteiger partial charge in [0.1, 0.15) is 5.75 Å². The number of nitrogens with zero attached hydrogens (tertiary/aromatic N) is 1. The van der Waals surface area contributed by atoms with E-state index in [9.17, 15) is 4.79 Å². The zero-order valence-electron chi connectivity index (χ0n) is 10.9. The third kappa shape index (κ3) is 4.12. The molecule has 0 saturated carbocycles. The topological polar surface area (TPSA) is 71.3 Å². The van der Waals surface area contributed by atoms with Gasteiger partial charge in [0.15, 0.2) is 6.61 Å². The van der Waals surface area contributed by atoms with Crippen molar-refractivity contribution in [3.63, 3.8) is 0 Å². The fraction of sp³-hybridized carbons (Fsp3) is 0.429. The highest BCUT2D eigenvalue weighted by molar-refractivity contribution is 6.32. The molecule has 1 aliphatic rings. The van der Waals surface area contributed by atoms with Crippen molar-refractivity contribution in [1.82, 2.24) is 5.32 Å². The van der Waals surface area contributed by atoms with Crippen molar-refractivity contribution in [1.29, 1.82) is 5.26 Å². The maximum absolute atomic E-state index is 11.7. The van der Waals surface area contributed by atoms with E-state index in [1.165, 1.54) is 6.07 Å². The monoisotopic (exact) mass is 294 g/mol. The highest BCUT2D eigenvalue weighted by Crippen LogP contribution is 2.25. The van der Waals surface area contributed by atoms with Crippen molar-refractivity contribution in [3.05, 3.63) is 28.8 Å². The Hall–Kier alpha value is -1.77. The van der Waals surface area contributed by atoms with E-state index in [1.807, 2.05) is 6.07 Å². The molecule has 1 aliphatic heterocycles. The average Bonchev–Trinajstić information content (AvgIpc) is 2.47. The third-order valence-electron chi connectivity index (χ3n) is 3.01. The first-order chi connectivity index (χ1) is 9.69. The summed E-state index contributed by atoms with van der Waals surface area (Å²) in [5.74, 6) is 0.213. The number of carbonyl (C=O) groups excluding carboxylic acids is 1. The second kappa shape index (κ2) is 7.13. The van der Waals surface area contributed by atoms with Gasteiger partial charge in [0, 0.05) is 19.3 Å². The van der Waals surface area contributed by atoms with Gasteiger partial charge >= 0.3 is 0 Å². The number of ether oxygens (including phenoxy) is 2. The van der Waals surface area contributed by atoms with E-state index >= 15 is 0 Å². The molecule has 1 aromatic rings. The molecular weight excluding hydrogens is 280 g/mol. The molecule has 0 aromatic heterocycles. The lowest BCUT2D eigenvalue weighted by molar-refractivity contribution is -0.124. The van der Waals surface area contributed by atoms with Crippen LogP contribution in [0, 0.1) is 11.3 Å². The summed E-state index contributed by atoms with van der Waals surface area (Å²) in [5, 5.41) is 11.9. The predicted octanol–water partition coefficient (Wildman–Crippen LogP) is 1.89. The molecule has 0 aliphatic carbocycles. The number of rotatable bonds is 4. The van der Waals surface area contributed by atoms with Gasteiger partial charge in [0.25, 0.3) is 5.91 Å². The second-order valence-electron chi connectivity index (χ2n) is 4.50. The molecular formula is C14H15ClN2O3. The van der Waals surface area contributed by atoms with E-state index in [2.05, 4.69) is 5.32 Å². The molecule has 6 heteroatoms. The average molecular weight is 295 g/mol. The van der Waals surface area contributed by atoms with Crippen molar-refractivity contribution in [2.24, 2.45) is 0 Å². The van der Waals surface area contributed by atoms with Gasteiger partial charge in [0.2, 0.25) is 0 Å². The number of hydrogen-bond acceptors (Lipinski definition) is 4. The molecule has 1 fully saturated rings. The molecule has 1 N–H and O–H groups in total. The highest BCUT2D eigenvalue weighted by Gasteiger charge is 2.16. The molecule has 0 atom stereocenters. The van der Waals surface area contributed by atoms with Gasteiger partial charge in [0.05, 0.1) is 16.7 Å². The molecule has 0 radical (unpaired) electrons. The fourth-order valence-electron chi connectivity index (χ4n) is 1.94. The van der Waals surface area contributed by atoms with Gasteiger partial charge in [-0.3, -0.25) is 4.79 Å². The predicted molar refractivity (Wildman–Crippen MR) is 73.6 cm³/mol. The maximum Gasteiger partial charge on any atom is 0.258 e. The van der Waals surface area contributed by atoms with Crippen LogP contribution in [-0.4, -0.2) is 31.8 Å². The summed E-state index contributed by atoms with van der Waals surface area (Å²) in [6.45, 7) is 1.25. The van der Waals surface area contributed by atoms with Crippen molar-refractivity contribution < 1.29 is 14.3 Å². The van der Waals surface area contributed by atoms with Crippen LogP contribution in [0.3, 0.4) is 0 Å². The van der Waals surface area contributed by atoms with Crippen LogP contribution in [0.2, 0.25) is 5.02 Å². The van der Waals surface area contributed by atoms with Crippen LogP contribution in [0.5, 0.6) is 5.75 Å². The molecule has 106 valence electrons. The lowest BCUT2D eigenvalue weighted by Gasteiger charge is -2.23. The summed E-state index contributed by atoms with van der Waals surface area (Å²) in [4.78, 5) is 11.7. The summed E-state index contributed by atoms with van der Waals surface area (Å²) in [6.07, 6.45) is 1.65. The van der Waals surface area contributed by atoms with E-state index in [0.29, 0.717) is 29.5 Å². The molecule has 0 spiro atoms. The molecule has 0 bridgehead atoms. The lowest BCUT2D eigenvalue weighted by atomic mass is 10.1. The van der Waals surface area contributed by atoms with Crippen LogP contribution in [-0.2, 0) is 9.53 Å². The largest absolute Gasteiger partial charge is 0.482 e. The molecule has 1 heterocycles. The van der Waals surface area contributed by atoms with Gasteiger partial charge in [-0.05, 0) is 31.0 Å². The first-order valence-corrected chi connectivity index (χ1v) is 6.76. The van der Waals surface area contributed by atoms with Crippen molar-refractivity contribution in [3.8, 4) is 11.8 Å². The molecule has 5 nitrogen and oxygen atoms in total. The normalized spacial score (nSPS) is 15.4. The summed E-state index contributed by atoms with van der Waals surface area (Å²) in [7, 11) is 0. The minimum absolute atomic E-state index is 0.0943. The molecule has 1 saturated heterocycles. The minimum atomic E-state index is -0.183. The highest BCUT2D eigenvalue weighted by atomic mass is 35.5. The Labute approximate surface area is 122 Å². The summed E-state index contributed by atoms with van der Waals surface area (Å²) in [6, 6.07) is 6.82. The van der Waals surface area contributed by atoms with Crippen LogP contribution in [0.15, 0.2) is 18.2 Å². The van der Waals surface area contributed by atoms with Crippen molar-refractivity contribution in [2.45, 2.75) is 18.9 Å². The number of halogens is 1. The van der Waals surface area contributed by atoms with Gasteiger partial charge in [-0.2, -0.15) is 5.26 Å². The number of benzene rings is 1. The second-order valence-corrected chi connectivity index (χ2v) is 4.91. The molecule has 1 amide bonds. The van der Waals surface area contributed by atoms with Crippen molar-refractivity contribution in [2.75, 3.05) is 19.8 Å². The van der Waals surface area contributed by atoms with E-state index in [-0.39, 0.29) is 18.6 Å². The van der Waals surface area contributed by atoms with Gasteiger partial charge < -0.3 is 14.8 Å². The lowest BCUT2D eigenvalue weighted by Crippen LogP contribution is -2.41. The Morgan fingerprint density at radius 3 is 2.90 bits per heavy atom. The number of nitriles is 1. The summed E-state index contributed by atoms with van der Waals surface area (Å²) < 4.78 is 10.6. The molecule has 1 aromatic carbocycles. The molecule has 20 heavy (non-hydrogen) atoms. The van der Waals surface area contributed by atoms with Crippen LogP contribution in [0.1, 0.15) is 18.4 Å². The third-order valence-corrected chi connectivity index (χ3v) is 3.30. The quantitative estimate of drug-likeness (QED) is 0.920. The number of nitrogens with one attached hydrogen (secondary N) is 1. The Morgan fingerprint density at radius 1 is 1.50 bits per heavy atom. The van der Waals surface area contributed by atoms with E-state index in [1.54, 1.807) is 12.1 Å². The van der Waals surface area contributed by atoms with Crippen LogP contribution >= 0.6 is 11.6 Å². The zero-order valence-corrected chi connectivity index (χ0v) is 11.7. The van der Waals surface area contributed by atoms with Gasteiger partial charge in [-0.1, -0.05) is 11.6 Å². The van der Waals surface area contributed by atoms with Crippen LogP contribution in [0.25, 0.3) is 0 Å². The number of amides is 1. The van der Waals surface area contributed by atoms with E-state index in [0.717, 1.165) is 12.8 Å². The fourth-order valence-corrected chi connectivity index (χ4v) is 2.18. The Bertz CT molecular complexity index is 522. The van der Waals surface area contributed by atoms with Gasteiger partial charge in [-0.25, -0.2) is 0 Å². The summed E-state index contributed by atoms with van der Waals surface area (Å²) in [5.41, 5.74) is 0.453. The molecule has 0 unspecified atom stereocenters. The van der Waals surface area contributed by atoms with E-state index < -0.39 is 0 Å². The van der Waals surface area contributed by atoms with E-state index in [4.69, 9.17) is 26.3 Å². The smallest absolute Gasteiger partial charge is 0.258 e. The minimum Gasteiger partial charge on any atom is -0.482 e. The maximum atomic E-state index is 11.7. The number of hydrogen-bond donors (Lipinski definition) is 1. The van der Waals surface area contributed by atoms with Crippen LogP contribution in [0.4, 0.5) is 0 Å². The number of carbonyl (C=O) groups is 1. The molecule has 2 rings (SSSR count). The van der Waals surface area contributed by atoms with Crippen LogP contribution < -0.4 is 10.1 Å². The Morgan fingerprint density at radius 2 is 2.25 bits per heavy atom. The Balaban J connectivity index is 1.82. The van der Waals surface area contributed by atoms with Crippen molar-refractivity contribution >= 4 is 17.5 Å². The zero-order chi connectivity index (χ0) is 14.4.